The van der Waals surface area contributed by atoms with E-state index in [-0.39, 0.29) is 11.4 Å². The molecule has 0 fully saturated rings. The molecule has 0 aliphatic rings. The maximum Gasteiger partial charge on any atom is 0.255 e. The lowest BCUT2D eigenvalue weighted by molar-refractivity contribution is 0.102. The van der Waals surface area contributed by atoms with Gasteiger partial charge in [-0.2, -0.15) is 0 Å². The number of carbonyl (C=O) groups is 1. The van der Waals surface area contributed by atoms with E-state index in [0.717, 1.165) is 0 Å². The number of anilines is 2. The molecule has 0 saturated carbocycles. The summed E-state index contributed by atoms with van der Waals surface area (Å²) < 4.78 is 39.6. The molecule has 1 aromatic carbocycles. The van der Waals surface area contributed by atoms with Gasteiger partial charge in [-0.3, -0.25) is 4.79 Å². The van der Waals surface area contributed by atoms with Gasteiger partial charge < -0.3 is 11.1 Å². The first-order valence-electron chi connectivity index (χ1n) is 6.13. The highest BCUT2D eigenvalue weighted by atomic mass is 19.2. The topological polar surface area (TPSA) is 68.0 Å². The van der Waals surface area contributed by atoms with Crippen LogP contribution in [0.5, 0.6) is 0 Å². The Hall–Kier alpha value is -2.57. The maximum absolute atomic E-state index is 13.5. The van der Waals surface area contributed by atoms with Crippen LogP contribution in [0, 0.1) is 17.5 Å². The van der Waals surface area contributed by atoms with Crippen LogP contribution in [0.1, 0.15) is 23.0 Å². The number of nitrogen functional groups attached to an aromatic ring is 1. The Morgan fingerprint density at radius 2 is 1.95 bits per heavy atom. The molecule has 1 heterocycles. The minimum atomic E-state index is -1.38. The van der Waals surface area contributed by atoms with Crippen LogP contribution in [0.3, 0.4) is 0 Å². The highest BCUT2D eigenvalue weighted by molar-refractivity contribution is 6.04. The van der Waals surface area contributed by atoms with Crippen LogP contribution in [0.25, 0.3) is 0 Å². The molecule has 2 rings (SSSR count). The molecule has 0 aliphatic carbocycles. The Labute approximate surface area is 118 Å². The fourth-order valence-electron chi connectivity index (χ4n) is 1.76. The third-order valence-electron chi connectivity index (χ3n) is 2.76. The maximum atomic E-state index is 13.5. The second-order valence-corrected chi connectivity index (χ2v) is 4.33. The van der Waals surface area contributed by atoms with Crippen molar-refractivity contribution in [2.24, 2.45) is 0 Å². The van der Waals surface area contributed by atoms with E-state index in [9.17, 15) is 18.0 Å². The largest absolute Gasteiger partial charge is 0.384 e. The number of aryl methyl sites for hydroxylation is 1. The Bertz CT molecular complexity index is 704. The van der Waals surface area contributed by atoms with Gasteiger partial charge in [-0.05, 0) is 18.6 Å². The summed E-state index contributed by atoms with van der Waals surface area (Å²) in [7, 11) is 0. The number of amides is 1. The van der Waals surface area contributed by atoms with Crippen LogP contribution in [0.4, 0.5) is 24.7 Å². The van der Waals surface area contributed by atoms with E-state index in [4.69, 9.17) is 5.73 Å². The molecular formula is C14H12F3N3O. The molecule has 1 aromatic heterocycles. The number of aromatic nitrogens is 1. The number of nitrogens with zero attached hydrogens (tertiary/aromatic N) is 1. The molecule has 4 nitrogen and oxygen atoms in total. The van der Waals surface area contributed by atoms with E-state index in [1.807, 2.05) is 6.92 Å². The van der Waals surface area contributed by atoms with Crippen molar-refractivity contribution in [2.45, 2.75) is 13.3 Å². The summed E-state index contributed by atoms with van der Waals surface area (Å²) in [5.41, 5.74) is 5.68. The zero-order chi connectivity index (χ0) is 15.6. The van der Waals surface area contributed by atoms with Gasteiger partial charge in [-0.25, -0.2) is 18.2 Å². The van der Waals surface area contributed by atoms with Gasteiger partial charge in [0.1, 0.15) is 11.6 Å². The van der Waals surface area contributed by atoms with Crippen molar-refractivity contribution in [3.05, 3.63) is 53.0 Å². The molecule has 0 bridgehead atoms. The standard InChI is InChI=1S/C14H12F3N3O/c1-2-9-3-7(4-12(18)19-9)14(21)20-11-6-8(15)5-10(16)13(11)17/h3-6H,2H2,1H3,(H2,18,19)(H,20,21). The van der Waals surface area contributed by atoms with Gasteiger partial charge in [-0.15, -0.1) is 0 Å². The minimum Gasteiger partial charge on any atom is -0.384 e. The fourth-order valence-corrected chi connectivity index (χ4v) is 1.76. The third-order valence-corrected chi connectivity index (χ3v) is 2.76. The molecule has 110 valence electrons. The monoisotopic (exact) mass is 295 g/mol. The first kappa shape index (κ1) is 14.8. The van der Waals surface area contributed by atoms with E-state index in [1.165, 1.54) is 12.1 Å². The first-order chi connectivity index (χ1) is 9.90. The van der Waals surface area contributed by atoms with Crippen LogP contribution < -0.4 is 11.1 Å². The van der Waals surface area contributed by atoms with Crippen LogP contribution in [-0.2, 0) is 6.42 Å². The summed E-state index contributed by atoms with van der Waals surface area (Å²) in [5, 5.41) is 2.11. The van der Waals surface area contributed by atoms with Crippen molar-refractivity contribution in [1.82, 2.24) is 4.98 Å². The van der Waals surface area contributed by atoms with Crippen LogP contribution in [0.2, 0.25) is 0 Å². The number of hydrogen-bond donors (Lipinski definition) is 2. The van der Waals surface area contributed by atoms with Gasteiger partial charge >= 0.3 is 0 Å². The SMILES string of the molecule is CCc1cc(C(=O)Nc2cc(F)cc(F)c2F)cc(N)n1. The van der Waals surface area contributed by atoms with E-state index < -0.39 is 29.0 Å². The highest BCUT2D eigenvalue weighted by Crippen LogP contribution is 2.20. The molecule has 0 radical (unpaired) electrons. The van der Waals surface area contributed by atoms with Crippen molar-refractivity contribution < 1.29 is 18.0 Å². The van der Waals surface area contributed by atoms with Crippen molar-refractivity contribution in [3.8, 4) is 0 Å². The number of pyridine rings is 1. The number of rotatable bonds is 3. The van der Waals surface area contributed by atoms with Crippen molar-refractivity contribution >= 4 is 17.4 Å². The van der Waals surface area contributed by atoms with Gasteiger partial charge in [0.15, 0.2) is 11.6 Å². The predicted octanol–water partition coefficient (Wildman–Crippen LogP) is 2.90. The number of carbonyl (C=O) groups excluding carboxylic acids is 1. The lowest BCUT2D eigenvalue weighted by atomic mass is 10.1. The molecule has 0 unspecified atom stereocenters. The van der Waals surface area contributed by atoms with Crippen molar-refractivity contribution in [3.63, 3.8) is 0 Å². The zero-order valence-electron chi connectivity index (χ0n) is 11.1. The van der Waals surface area contributed by atoms with Gasteiger partial charge in [0.2, 0.25) is 0 Å². The molecule has 2 aromatic rings. The number of hydrogen-bond acceptors (Lipinski definition) is 3. The molecular weight excluding hydrogens is 283 g/mol. The molecule has 0 atom stereocenters. The summed E-state index contributed by atoms with van der Waals surface area (Å²) in [4.78, 5) is 16.0. The van der Waals surface area contributed by atoms with Gasteiger partial charge in [0.25, 0.3) is 5.91 Å². The summed E-state index contributed by atoms with van der Waals surface area (Å²) in [5.74, 6) is -4.31. The smallest absolute Gasteiger partial charge is 0.255 e. The molecule has 0 aliphatic heterocycles. The summed E-state index contributed by atoms with van der Waals surface area (Å²) in [6, 6.07) is 3.85. The number of halogens is 3. The van der Waals surface area contributed by atoms with Gasteiger partial charge in [0, 0.05) is 23.4 Å². The summed E-state index contributed by atoms with van der Waals surface area (Å²) >= 11 is 0. The Balaban J connectivity index is 2.32. The molecule has 3 N–H and O–H groups in total. The second kappa shape index (κ2) is 5.82. The Kier molecular flexibility index (Phi) is 4.11. The van der Waals surface area contributed by atoms with Crippen LogP contribution in [-0.4, -0.2) is 10.9 Å². The average Bonchev–Trinajstić information content (AvgIpc) is 2.43. The first-order valence-corrected chi connectivity index (χ1v) is 6.13. The number of nitrogens with one attached hydrogen (secondary N) is 1. The summed E-state index contributed by atoms with van der Waals surface area (Å²) in [6.45, 7) is 1.82. The van der Waals surface area contributed by atoms with Crippen molar-refractivity contribution in [1.29, 1.82) is 0 Å². The Morgan fingerprint density at radius 1 is 1.24 bits per heavy atom. The third kappa shape index (κ3) is 3.31. The van der Waals surface area contributed by atoms with E-state index >= 15 is 0 Å². The highest BCUT2D eigenvalue weighted by Gasteiger charge is 2.15. The molecule has 0 saturated heterocycles. The minimum absolute atomic E-state index is 0.128. The Morgan fingerprint density at radius 3 is 2.62 bits per heavy atom. The number of nitrogens with two attached hydrogens (primary N) is 1. The zero-order valence-corrected chi connectivity index (χ0v) is 11.1. The molecule has 0 spiro atoms. The lowest BCUT2D eigenvalue weighted by Crippen LogP contribution is -2.15. The molecule has 7 heteroatoms. The van der Waals surface area contributed by atoms with E-state index in [2.05, 4.69) is 10.3 Å². The predicted molar refractivity (Wildman–Crippen MR) is 72.3 cm³/mol. The fraction of sp³-hybridized carbons (Fsp3) is 0.143. The van der Waals surface area contributed by atoms with Crippen LogP contribution in [0.15, 0.2) is 24.3 Å². The normalized spacial score (nSPS) is 10.5. The van der Waals surface area contributed by atoms with E-state index in [1.54, 1.807) is 0 Å². The van der Waals surface area contributed by atoms with Crippen molar-refractivity contribution in [2.75, 3.05) is 11.1 Å². The molecule has 1 amide bonds. The second-order valence-electron chi connectivity index (χ2n) is 4.33. The quantitative estimate of drug-likeness (QED) is 0.856. The summed E-state index contributed by atoms with van der Waals surface area (Å²) in [6.07, 6.45) is 0.550. The van der Waals surface area contributed by atoms with Gasteiger partial charge in [0.05, 0.1) is 5.69 Å². The molecule has 21 heavy (non-hydrogen) atoms. The van der Waals surface area contributed by atoms with E-state index in [0.29, 0.717) is 24.2 Å². The van der Waals surface area contributed by atoms with Crippen LogP contribution >= 0.6 is 0 Å². The van der Waals surface area contributed by atoms with Gasteiger partial charge in [-0.1, -0.05) is 6.92 Å². The lowest BCUT2D eigenvalue weighted by Gasteiger charge is -2.09. The average molecular weight is 295 g/mol. The number of benzene rings is 1.